The van der Waals surface area contributed by atoms with Crippen LogP contribution in [0.3, 0.4) is 0 Å². The molecule has 2 aliphatic rings. The molecule has 1 saturated heterocycles. The van der Waals surface area contributed by atoms with Crippen LogP contribution in [0.4, 0.5) is 11.4 Å². The third kappa shape index (κ3) is 4.81. The smallest absolute Gasteiger partial charge is 0.118 e. The molecule has 166 valence electrons. The number of benzene rings is 2. The number of likely N-dealkylation sites (tertiary alicyclic amines) is 1. The van der Waals surface area contributed by atoms with Crippen molar-refractivity contribution in [1.82, 2.24) is 9.88 Å². The molecule has 0 saturated carbocycles. The van der Waals surface area contributed by atoms with Gasteiger partial charge in [0, 0.05) is 29.2 Å². The van der Waals surface area contributed by atoms with E-state index in [-0.39, 0.29) is 0 Å². The first-order chi connectivity index (χ1) is 15.8. The van der Waals surface area contributed by atoms with Gasteiger partial charge in [0.2, 0.25) is 0 Å². The first-order valence-corrected chi connectivity index (χ1v) is 12.0. The van der Waals surface area contributed by atoms with Crippen molar-refractivity contribution in [3.63, 3.8) is 0 Å². The van der Waals surface area contributed by atoms with Crippen molar-refractivity contribution in [2.75, 3.05) is 25.5 Å². The number of fused-ring (bicyclic) bond motifs is 1. The number of nitrogens with one attached hydrogen (secondary N) is 1. The lowest BCUT2D eigenvalue weighted by Crippen LogP contribution is -2.29. The quantitative estimate of drug-likeness (QED) is 0.496. The minimum atomic E-state index is 0.870. The van der Waals surface area contributed by atoms with E-state index in [1.54, 1.807) is 7.11 Å². The third-order valence-electron chi connectivity index (χ3n) is 6.77. The molecule has 4 heteroatoms. The van der Waals surface area contributed by atoms with Gasteiger partial charge in [0.05, 0.1) is 12.8 Å². The number of aryl methyl sites for hydroxylation is 1. The van der Waals surface area contributed by atoms with Crippen LogP contribution in [0.15, 0.2) is 54.6 Å². The number of nitrogens with zero attached hydrogens (tertiary/aromatic N) is 2. The average Bonchev–Trinajstić information content (AvgIpc) is 2.86. The van der Waals surface area contributed by atoms with Gasteiger partial charge < -0.3 is 10.1 Å². The van der Waals surface area contributed by atoms with E-state index in [4.69, 9.17) is 9.72 Å². The summed E-state index contributed by atoms with van der Waals surface area (Å²) in [7, 11) is 1.70. The van der Waals surface area contributed by atoms with Gasteiger partial charge in [0.15, 0.2) is 0 Å². The van der Waals surface area contributed by atoms with Gasteiger partial charge in [-0.3, -0.25) is 9.88 Å². The zero-order valence-corrected chi connectivity index (χ0v) is 19.1. The molecule has 0 bridgehead atoms. The molecule has 1 aliphatic heterocycles. The Hall–Kier alpha value is -2.85. The fraction of sp³-hybridized carbons (Fsp3) is 0.393. The van der Waals surface area contributed by atoms with Crippen LogP contribution in [0, 0.1) is 0 Å². The second-order valence-corrected chi connectivity index (χ2v) is 9.07. The van der Waals surface area contributed by atoms with Gasteiger partial charge >= 0.3 is 0 Å². The minimum Gasteiger partial charge on any atom is -0.497 e. The maximum Gasteiger partial charge on any atom is 0.118 e. The Bertz CT molecular complexity index is 1040. The predicted octanol–water partition coefficient (Wildman–Crippen LogP) is 6.37. The summed E-state index contributed by atoms with van der Waals surface area (Å²) in [5.74, 6) is 0.870. The molecule has 5 rings (SSSR count). The number of hydrogen-bond donors (Lipinski definition) is 1. The van der Waals surface area contributed by atoms with Crippen LogP contribution in [-0.4, -0.2) is 30.1 Å². The number of hydrogen-bond acceptors (Lipinski definition) is 4. The second kappa shape index (κ2) is 9.74. The van der Waals surface area contributed by atoms with Crippen LogP contribution < -0.4 is 10.1 Å². The van der Waals surface area contributed by atoms with Crippen LogP contribution in [-0.2, 0) is 19.4 Å². The predicted molar refractivity (Wildman–Crippen MR) is 132 cm³/mol. The molecule has 2 heterocycles. The number of methoxy groups -OCH3 is 1. The molecule has 2 aromatic carbocycles. The fourth-order valence-corrected chi connectivity index (χ4v) is 4.95. The monoisotopic (exact) mass is 427 g/mol. The van der Waals surface area contributed by atoms with Crippen molar-refractivity contribution >= 4 is 11.4 Å². The first kappa shape index (κ1) is 21.0. The van der Waals surface area contributed by atoms with Gasteiger partial charge in [0.1, 0.15) is 5.75 Å². The minimum absolute atomic E-state index is 0.870. The highest BCUT2D eigenvalue weighted by Crippen LogP contribution is 2.33. The Morgan fingerprint density at radius 2 is 1.62 bits per heavy atom. The maximum absolute atomic E-state index is 5.32. The highest BCUT2D eigenvalue weighted by molar-refractivity contribution is 5.72. The molecular formula is C28H33N3O. The average molecular weight is 428 g/mol. The highest BCUT2D eigenvalue weighted by atomic mass is 16.5. The van der Waals surface area contributed by atoms with Gasteiger partial charge in [-0.05, 0) is 105 Å². The zero-order chi connectivity index (χ0) is 21.8. The number of aromatic nitrogens is 1. The number of anilines is 2. The van der Waals surface area contributed by atoms with Crippen molar-refractivity contribution in [1.29, 1.82) is 0 Å². The van der Waals surface area contributed by atoms with E-state index in [2.05, 4.69) is 52.7 Å². The van der Waals surface area contributed by atoms with Gasteiger partial charge in [-0.2, -0.15) is 0 Å². The largest absolute Gasteiger partial charge is 0.497 e. The van der Waals surface area contributed by atoms with Crippen molar-refractivity contribution < 1.29 is 4.74 Å². The number of pyridine rings is 1. The fourth-order valence-electron chi connectivity index (χ4n) is 4.95. The number of piperidine rings is 1. The molecule has 32 heavy (non-hydrogen) atoms. The Balaban J connectivity index is 1.38. The Morgan fingerprint density at radius 1 is 0.875 bits per heavy atom. The van der Waals surface area contributed by atoms with E-state index >= 15 is 0 Å². The van der Waals surface area contributed by atoms with E-state index < -0.39 is 0 Å². The van der Waals surface area contributed by atoms with Crippen LogP contribution in [0.1, 0.15) is 48.9 Å². The molecule has 0 radical (unpaired) electrons. The van der Waals surface area contributed by atoms with E-state index in [1.807, 2.05) is 12.1 Å². The topological polar surface area (TPSA) is 37.4 Å². The second-order valence-electron chi connectivity index (χ2n) is 9.07. The Morgan fingerprint density at radius 3 is 2.38 bits per heavy atom. The molecule has 1 fully saturated rings. The SMILES string of the molecule is COc1ccc(-c2cc(Nc3ccc(CN4CCCCC4)cc3)c3c(n2)CCCC3)cc1. The van der Waals surface area contributed by atoms with E-state index in [0.29, 0.717) is 0 Å². The van der Waals surface area contributed by atoms with Crippen LogP contribution in [0.25, 0.3) is 11.3 Å². The molecule has 4 nitrogen and oxygen atoms in total. The third-order valence-corrected chi connectivity index (χ3v) is 6.77. The zero-order valence-electron chi connectivity index (χ0n) is 19.1. The highest BCUT2D eigenvalue weighted by Gasteiger charge is 2.18. The van der Waals surface area contributed by atoms with Gasteiger partial charge in [-0.25, -0.2) is 0 Å². The van der Waals surface area contributed by atoms with Crippen molar-refractivity contribution in [2.45, 2.75) is 51.5 Å². The number of rotatable bonds is 6. The van der Waals surface area contributed by atoms with Gasteiger partial charge in [0.25, 0.3) is 0 Å². The maximum atomic E-state index is 5.32. The molecular weight excluding hydrogens is 394 g/mol. The molecule has 0 amide bonds. The normalized spacial score (nSPS) is 16.4. The molecule has 1 aromatic heterocycles. The summed E-state index contributed by atoms with van der Waals surface area (Å²) in [5, 5.41) is 3.72. The molecule has 1 N–H and O–H groups in total. The van der Waals surface area contributed by atoms with Crippen LogP contribution in [0.5, 0.6) is 5.75 Å². The lowest BCUT2D eigenvalue weighted by molar-refractivity contribution is 0.221. The molecule has 0 atom stereocenters. The standard InChI is InChI=1S/C28H33N3O/c1-32-24-15-11-22(12-16-24)27-19-28(25-7-3-4-8-26(25)30-27)29-23-13-9-21(10-14-23)20-31-17-5-2-6-18-31/h9-16,19H,2-8,17-18,20H2,1H3,(H,29,30). The van der Waals surface area contributed by atoms with Gasteiger partial charge in [-0.15, -0.1) is 0 Å². The molecule has 1 aliphatic carbocycles. The van der Waals surface area contributed by atoms with E-state index in [0.717, 1.165) is 42.1 Å². The first-order valence-electron chi connectivity index (χ1n) is 12.0. The Kier molecular flexibility index (Phi) is 6.40. The van der Waals surface area contributed by atoms with E-state index in [9.17, 15) is 0 Å². The van der Waals surface area contributed by atoms with Crippen LogP contribution >= 0.6 is 0 Å². The van der Waals surface area contributed by atoms with Crippen molar-refractivity contribution in [3.8, 4) is 17.0 Å². The number of ether oxygens (including phenoxy) is 1. The summed E-state index contributed by atoms with van der Waals surface area (Å²) in [6.07, 6.45) is 8.67. The lowest BCUT2D eigenvalue weighted by Gasteiger charge is -2.26. The summed E-state index contributed by atoms with van der Waals surface area (Å²) in [5.41, 5.74) is 8.51. The van der Waals surface area contributed by atoms with Crippen molar-refractivity contribution in [3.05, 3.63) is 71.4 Å². The van der Waals surface area contributed by atoms with E-state index in [1.165, 1.54) is 67.7 Å². The lowest BCUT2D eigenvalue weighted by atomic mass is 9.93. The summed E-state index contributed by atoms with van der Waals surface area (Å²) >= 11 is 0. The molecule has 0 unspecified atom stereocenters. The Labute approximate surface area is 191 Å². The molecule has 3 aromatic rings. The summed E-state index contributed by atoms with van der Waals surface area (Å²) in [6.45, 7) is 3.53. The van der Waals surface area contributed by atoms with Gasteiger partial charge in [-0.1, -0.05) is 18.6 Å². The molecule has 0 spiro atoms. The van der Waals surface area contributed by atoms with Crippen LogP contribution in [0.2, 0.25) is 0 Å². The summed E-state index contributed by atoms with van der Waals surface area (Å²) in [6, 6.07) is 19.4. The summed E-state index contributed by atoms with van der Waals surface area (Å²) < 4.78 is 5.32. The summed E-state index contributed by atoms with van der Waals surface area (Å²) in [4.78, 5) is 7.61. The van der Waals surface area contributed by atoms with Crippen molar-refractivity contribution in [2.24, 2.45) is 0 Å².